The van der Waals surface area contributed by atoms with Crippen LogP contribution in [0.1, 0.15) is 47.8 Å². The highest BCUT2D eigenvalue weighted by molar-refractivity contribution is 5.97. The molecule has 2 N–H and O–H groups in total. The molecule has 2 aromatic rings. The van der Waals surface area contributed by atoms with E-state index < -0.39 is 29.6 Å². The first-order valence-corrected chi connectivity index (χ1v) is 10.5. The first kappa shape index (κ1) is 26.8. The minimum atomic E-state index is -4.49. The zero-order chi connectivity index (χ0) is 25.5. The summed E-state index contributed by atoms with van der Waals surface area (Å²) in [6.45, 7) is 3.43. The van der Waals surface area contributed by atoms with Gasteiger partial charge in [-0.2, -0.15) is 13.2 Å². The van der Waals surface area contributed by atoms with Crippen molar-refractivity contribution in [2.24, 2.45) is 5.92 Å². The maximum absolute atomic E-state index is 13.1. The van der Waals surface area contributed by atoms with E-state index in [4.69, 9.17) is 14.2 Å². The van der Waals surface area contributed by atoms with E-state index in [1.807, 2.05) is 13.8 Å². The summed E-state index contributed by atoms with van der Waals surface area (Å²) < 4.78 is 55.0. The van der Waals surface area contributed by atoms with Crippen molar-refractivity contribution in [1.29, 1.82) is 0 Å². The van der Waals surface area contributed by atoms with Crippen LogP contribution in [0, 0.1) is 5.92 Å². The molecule has 0 saturated carbocycles. The van der Waals surface area contributed by atoms with Crippen molar-refractivity contribution >= 4 is 11.8 Å². The van der Waals surface area contributed by atoms with Gasteiger partial charge in [-0.15, -0.1) is 0 Å². The smallest absolute Gasteiger partial charge is 0.416 e. The predicted molar refractivity (Wildman–Crippen MR) is 120 cm³/mol. The Hall–Kier alpha value is -3.43. The fourth-order valence-corrected chi connectivity index (χ4v) is 3.40. The Morgan fingerprint density at radius 3 is 2.09 bits per heavy atom. The first-order chi connectivity index (χ1) is 16.0. The molecule has 7 nitrogen and oxygen atoms in total. The SMILES string of the molecule is COc1cc(C(=O)NCC(=O)NC(CC(C)C)c2cccc(C(F)(F)F)c2)cc(OC)c1OC. The Balaban J connectivity index is 2.13. The van der Waals surface area contributed by atoms with Crippen LogP contribution in [-0.4, -0.2) is 39.7 Å². The van der Waals surface area contributed by atoms with Gasteiger partial charge in [0.2, 0.25) is 11.7 Å². The molecule has 34 heavy (non-hydrogen) atoms. The summed E-state index contributed by atoms with van der Waals surface area (Å²) in [4.78, 5) is 25.2. The maximum Gasteiger partial charge on any atom is 0.416 e. The molecule has 10 heteroatoms. The highest BCUT2D eigenvalue weighted by Gasteiger charge is 2.31. The van der Waals surface area contributed by atoms with Crippen LogP contribution in [0.2, 0.25) is 0 Å². The number of carbonyl (C=O) groups excluding carboxylic acids is 2. The Bertz CT molecular complexity index is 983. The molecule has 0 heterocycles. The van der Waals surface area contributed by atoms with E-state index in [9.17, 15) is 22.8 Å². The molecule has 0 aliphatic rings. The van der Waals surface area contributed by atoms with Gasteiger partial charge in [-0.1, -0.05) is 26.0 Å². The number of amides is 2. The second kappa shape index (κ2) is 11.6. The number of alkyl halides is 3. The molecule has 0 bridgehead atoms. The molecule has 186 valence electrons. The van der Waals surface area contributed by atoms with Crippen LogP contribution in [-0.2, 0) is 11.0 Å². The molecule has 2 rings (SSSR count). The molecule has 1 unspecified atom stereocenters. The Labute approximate surface area is 196 Å². The van der Waals surface area contributed by atoms with Gasteiger partial charge in [-0.05, 0) is 42.2 Å². The van der Waals surface area contributed by atoms with Crippen molar-refractivity contribution in [1.82, 2.24) is 10.6 Å². The highest BCUT2D eigenvalue weighted by Crippen LogP contribution is 2.38. The molecular weight excluding hydrogens is 453 g/mol. The van der Waals surface area contributed by atoms with Gasteiger partial charge in [0.1, 0.15) is 0 Å². The van der Waals surface area contributed by atoms with Gasteiger partial charge in [-0.25, -0.2) is 0 Å². The van der Waals surface area contributed by atoms with Gasteiger partial charge in [0.25, 0.3) is 5.91 Å². The minimum absolute atomic E-state index is 0.105. The monoisotopic (exact) mass is 482 g/mol. The molecule has 0 fully saturated rings. The van der Waals surface area contributed by atoms with E-state index >= 15 is 0 Å². The Morgan fingerprint density at radius 1 is 0.971 bits per heavy atom. The van der Waals surface area contributed by atoms with Gasteiger partial charge in [0, 0.05) is 5.56 Å². The van der Waals surface area contributed by atoms with Crippen molar-refractivity contribution in [3.05, 3.63) is 53.1 Å². The number of ether oxygens (including phenoxy) is 3. The van der Waals surface area contributed by atoms with E-state index in [0.29, 0.717) is 17.7 Å². The molecule has 0 aliphatic heterocycles. The maximum atomic E-state index is 13.1. The van der Waals surface area contributed by atoms with Crippen molar-refractivity contribution in [2.45, 2.75) is 32.5 Å². The number of halogens is 3. The summed E-state index contributed by atoms with van der Waals surface area (Å²) in [5.74, 6) is -0.126. The largest absolute Gasteiger partial charge is 0.493 e. The average molecular weight is 482 g/mol. The van der Waals surface area contributed by atoms with Crippen LogP contribution in [0.15, 0.2) is 36.4 Å². The molecule has 1 atom stereocenters. The van der Waals surface area contributed by atoms with E-state index in [-0.39, 0.29) is 29.5 Å². The topological polar surface area (TPSA) is 85.9 Å². The number of methoxy groups -OCH3 is 3. The third kappa shape index (κ3) is 7.03. The van der Waals surface area contributed by atoms with Crippen LogP contribution < -0.4 is 24.8 Å². The first-order valence-electron chi connectivity index (χ1n) is 10.5. The van der Waals surface area contributed by atoms with Crippen molar-refractivity contribution < 1.29 is 37.0 Å². The second-order valence-electron chi connectivity index (χ2n) is 7.97. The second-order valence-corrected chi connectivity index (χ2v) is 7.97. The number of rotatable bonds is 10. The lowest BCUT2D eigenvalue weighted by Gasteiger charge is -2.22. The molecule has 0 aliphatic carbocycles. The average Bonchev–Trinajstić information content (AvgIpc) is 2.80. The number of hydrogen-bond acceptors (Lipinski definition) is 5. The lowest BCUT2D eigenvalue weighted by Crippen LogP contribution is -2.39. The summed E-state index contributed by atoms with van der Waals surface area (Å²) in [7, 11) is 4.26. The number of hydrogen-bond donors (Lipinski definition) is 2. The molecule has 2 amide bonds. The number of benzene rings is 2. The van der Waals surface area contributed by atoms with Crippen LogP contribution in [0.25, 0.3) is 0 Å². The lowest BCUT2D eigenvalue weighted by atomic mass is 9.95. The third-order valence-electron chi connectivity index (χ3n) is 5.00. The molecule has 0 radical (unpaired) electrons. The zero-order valence-corrected chi connectivity index (χ0v) is 19.7. The Morgan fingerprint density at radius 2 is 1.59 bits per heavy atom. The van der Waals surface area contributed by atoms with Crippen molar-refractivity contribution in [3.8, 4) is 17.2 Å². The molecule has 0 aromatic heterocycles. The van der Waals surface area contributed by atoms with Crippen LogP contribution in [0.3, 0.4) is 0 Å². The molecule has 0 saturated heterocycles. The van der Waals surface area contributed by atoms with Gasteiger partial charge in [-0.3, -0.25) is 9.59 Å². The van der Waals surface area contributed by atoms with Crippen molar-refractivity contribution in [2.75, 3.05) is 27.9 Å². The fourth-order valence-electron chi connectivity index (χ4n) is 3.40. The summed E-state index contributed by atoms with van der Waals surface area (Å²) >= 11 is 0. The summed E-state index contributed by atoms with van der Waals surface area (Å²) in [6.07, 6.45) is -4.06. The van der Waals surface area contributed by atoms with Crippen LogP contribution >= 0.6 is 0 Å². The third-order valence-corrected chi connectivity index (χ3v) is 5.00. The molecule has 2 aromatic carbocycles. The van der Waals surface area contributed by atoms with Gasteiger partial charge in [0.05, 0.1) is 39.5 Å². The Kier molecular flexibility index (Phi) is 9.17. The molecular formula is C24H29F3N2O5. The van der Waals surface area contributed by atoms with E-state index in [2.05, 4.69) is 10.6 Å². The number of carbonyl (C=O) groups is 2. The normalized spacial score (nSPS) is 12.1. The van der Waals surface area contributed by atoms with E-state index in [0.717, 1.165) is 12.1 Å². The molecule has 0 spiro atoms. The standard InChI is InChI=1S/C24H29F3N2O5/c1-14(2)9-18(15-7-6-8-17(10-15)24(25,26)27)29-21(30)13-28-23(31)16-11-19(32-3)22(34-5)20(12-16)33-4/h6-8,10-12,14,18H,9,13H2,1-5H3,(H,28,31)(H,29,30). The quantitative estimate of drug-likeness (QED) is 0.526. The summed E-state index contributed by atoms with van der Waals surface area (Å²) in [5, 5.41) is 5.22. The van der Waals surface area contributed by atoms with Crippen LogP contribution in [0.5, 0.6) is 17.2 Å². The lowest BCUT2D eigenvalue weighted by molar-refractivity contribution is -0.137. The summed E-state index contributed by atoms with van der Waals surface area (Å²) in [5.41, 5.74) is -0.268. The van der Waals surface area contributed by atoms with Gasteiger partial charge in [0.15, 0.2) is 11.5 Å². The van der Waals surface area contributed by atoms with Crippen LogP contribution in [0.4, 0.5) is 13.2 Å². The van der Waals surface area contributed by atoms with E-state index in [1.165, 1.54) is 45.6 Å². The highest BCUT2D eigenvalue weighted by atomic mass is 19.4. The van der Waals surface area contributed by atoms with Crippen molar-refractivity contribution in [3.63, 3.8) is 0 Å². The summed E-state index contributed by atoms with van der Waals surface area (Å²) in [6, 6.07) is 7.10. The zero-order valence-electron chi connectivity index (χ0n) is 19.7. The van der Waals surface area contributed by atoms with Gasteiger partial charge < -0.3 is 24.8 Å². The minimum Gasteiger partial charge on any atom is -0.493 e. The fraction of sp³-hybridized carbons (Fsp3) is 0.417. The predicted octanol–water partition coefficient (Wildman–Crippen LogP) is 4.36. The van der Waals surface area contributed by atoms with E-state index in [1.54, 1.807) is 0 Å². The number of nitrogens with one attached hydrogen (secondary N) is 2. The van der Waals surface area contributed by atoms with Gasteiger partial charge >= 0.3 is 6.18 Å².